The maximum absolute atomic E-state index is 14.3. The smallest absolute Gasteiger partial charge is 0.328 e. The van der Waals surface area contributed by atoms with E-state index in [0.717, 1.165) is 29.9 Å². The molecule has 4 rings (SSSR count). The molecule has 6 amide bonds. The molecule has 3 saturated heterocycles. The zero-order chi connectivity index (χ0) is 41.1. The van der Waals surface area contributed by atoms with Crippen LogP contribution in [0.3, 0.4) is 0 Å². The van der Waals surface area contributed by atoms with Gasteiger partial charge in [0.1, 0.15) is 54.5 Å². The minimum absolute atomic E-state index is 0.0172. The molecule has 18 heteroatoms. The molecule has 0 aromatic heterocycles. The van der Waals surface area contributed by atoms with E-state index in [1.165, 1.54) is 29.8 Å². The lowest BCUT2D eigenvalue weighted by Gasteiger charge is -2.35. The van der Waals surface area contributed by atoms with Crippen LogP contribution in [0.1, 0.15) is 77.2 Å². The fourth-order valence-electron chi connectivity index (χ4n) is 7.15. The summed E-state index contributed by atoms with van der Waals surface area (Å²) in [5, 5.41) is 17.0. The number of carbonyl (C=O) groups is 8. The van der Waals surface area contributed by atoms with Crippen LogP contribution in [0.15, 0.2) is 30.4 Å². The number of halogens is 2. The normalized spacial score (nSPS) is 24.4. The molecule has 1 aromatic rings. The highest BCUT2D eigenvalue weighted by atomic mass is 19.1. The van der Waals surface area contributed by atoms with Crippen molar-refractivity contribution in [3.8, 4) is 0 Å². The third-order valence-electron chi connectivity index (χ3n) is 10.1. The van der Waals surface area contributed by atoms with Gasteiger partial charge < -0.3 is 40.5 Å². The first-order valence-electron chi connectivity index (χ1n) is 18.9. The summed E-state index contributed by atoms with van der Waals surface area (Å²) in [4.78, 5) is 111. The van der Waals surface area contributed by atoms with Crippen LogP contribution in [0.2, 0.25) is 0 Å². The zero-order valence-corrected chi connectivity index (χ0v) is 31.8. The zero-order valence-electron chi connectivity index (χ0n) is 31.8. The molecule has 6 atom stereocenters. The van der Waals surface area contributed by atoms with E-state index in [-0.39, 0.29) is 37.9 Å². The average Bonchev–Trinajstić information content (AvgIpc) is 3.84. The number of carbonyl (C=O) groups excluding carboxylic acids is 7. The molecule has 0 radical (unpaired) electrons. The largest absolute Gasteiger partial charge is 0.481 e. The first-order chi connectivity index (χ1) is 26.6. The van der Waals surface area contributed by atoms with Gasteiger partial charge in [0.25, 0.3) is 0 Å². The van der Waals surface area contributed by atoms with E-state index in [4.69, 9.17) is 4.74 Å². The van der Waals surface area contributed by atoms with E-state index in [1.54, 1.807) is 6.08 Å². The number of amides is 6. The van der Waals surface area contributed by atoms with E-state index in [2.05, 4.69) is 16.0 Å². The molecule has 306 valence electrons. The number of cyclic esters (lactones) is 1. The Morgan fingerprint density at radius 2 is 1.62 bits per heavy atom. The lowest BCUT2D eigenvalue weighted by Crippen LogP contribution is -2.60. The molecule has 0 unspecified atom stereocenters. The maximum atomic E-state index is 14.3. The molecule has 3 aliphatic rings. The Bertz CT molecular complexity index is 1690. The highest BCUT2D eigenvalue weighted by Gasteiger charge is 2.44. The standard InChI is InChI=1S/C38H50F2N6O10/c1-4-5-6-7-12-31(47)42-26(19-23-17-24(39)20-25(40)18-23)33(50)43-27-21-56-38(55)30-11-9-16-46(30)35(52)22(2)41-34(51)28(13-14-32(48)49)44(3)37(54)29-10-8-15-45(29)36(27)53/h7,12,17-18,20,22,26-30H,4-6,8-11,13-16,19,21H2,1-3H3,(H,41,51)(H,42,47)(H,43,50)(H,48,49)/t22-,26-,27-,28-,29-,30-/m0/s1. The Hall–Kier alpha value is -5.42. The fraction of sp³-hybridized carbons (Fsp3) is 0.579. The topological polar surface area (TPSA) is 212 Å². The van der Waals surface area contributed by atoms with Crippen LogP contribution < -0.4 is 16.0 Å². The van der Waals surface area contributed by atoms with Gasteiger partial charge in [-0.25, -0.2) is 13.6 Å². The number of nitrogens with zero attached hydrogens (tertiary/aromatic N) is 3. The summed E-state index contributed by atoms with van der Waals surface area (Å²) >= 11 is 0. The summed E-state index contributed by atoms with van der Waals surface area (Å²) in [5.74, 6) is -8.60. The number of carboxylic acids is 1. The van der Waals surface area contributed by atoms with Gasteiger partial charge in [0.15, 0.2) is 0 Å². The minimum Gasteiger partial charge on any atom is -0.481 e. The summed E-state index contributed by atoms with van der Waals surface area (Å²) in [6.45, 7) is 2.80. The second-order valence-corrected chi connectivity index (χ2v) is 14.3. The van der Waals surface area contributed by atoms with E-state index >= 15 is 0 Å². The number of allylic oxidation sites excluding steroid dienone is 1. The van der Waals surface area contributed by atoms with Gasteiger partial charge in [0.05, 0.1) is 0 Å². The second kappa shape index (κ2) is 20.0. The SMILES string of the molecule is CCCCC=CC(=O)N[C@@H](Cc1cc(F)cc(F)c1)C(=O)N[C@H]1COC(=O)[C@@H]2CCCN2C(=O)[C@H](C)NC(=O)[C@H](CCC(=O)O)N(C)C(=O)[C@@H]2CCCN2C1=O. The molecule has 0 bridgehead atoms. The van der Waals surface area contributed by atoms with E-state index in [1.807, 2.05) is 6.92 Å². The van der Waals surface area contributed by atoms with Crippen LogP contribution in [0.4, 0.5) is 8.78 Å². The number of likely N-dealkylation sites (N-methyl/N-ethyl adjacent to an activating group) is 1. The number of benzene rings is 1. The first-order valence-corrected chi connectivity index (χ1v) is 18.9. The number of hydrogen-bond donors (Lipinski definition) is 4. The number of carboxylic acid groups (broad SMARTS) is 1. The van der Waals surface area contributed by atoms with Gasteiger partial charge in [-0.1, -0.05) is 25.8 Å². The first kappa shape index (κ1) is 43.3. The van der Waals surface area contributed by atoms with Gasteiger partial charge in [0.2, 0.25) is 35.4 Å². The summed E-state index contributed by atoms with van der Waals surface area (Å²) in [5.41, 5.74) is 0.0172. The number of aliphatic carboxylic acids is 1. The second-order valence-electron chi connectivity index (χ2n) is 14.3. The van der Waals surface area contributed by atoms with Crippen molar-refractivity contribution in [1.29, 1.82) is 0 Å². The highest BCUT2D eigenvalue weighted by molar-refractivity contribution is 5.98. The minimum atomic E-state index is -1.64. The quantitative estimate of drug-likeness (QED) is 0.134. The van der Waals surface area contributed by atoms with Crippen LogP contribution in [0, 0.1) is 11.6 Å². The number of rotatable bonds is 12. The number of ether oxygens (including phenoxy) is 1. The monoisotopic (exact) mass is 788 g/mol. The van der Waals surface area contributed by atoms with Gasteiger partial charge in [-0.15, -0.1) is 0 Å². The van der Waals surface area contributed by atoms with Gasteiger partial charge in [-0.05, 0) is 69.2 Å². The average molecular weight is 789 g/mol. The maximum Gasteiger partial charge on any atom is 0.328 e. The van der Waals surface area contributed by atoms with Gasteiger partial charge in [0, 0.05) is 39.0 Å². The summed E-state index contributed by atoms with van der Waals surface area (Å²) in [7, 11) is 1.29. The third kappa shape index (κ3) is 11.3. The van der Waals surface area contributed by atoms with Crippen molar-refractivity contribution in [3.05, 3.63) is 47.5 Å². The summed E-state index contributed by atoms with van der Waals surface area (Å²) < 4.78 is 33.9. The van der Waals surface area contributed by atoms with Crippen LogP contribution in [-0.4, -0.2) is 130 Å². The van der Waals surface area contributed by atoms with E-state index in [0.29, 0.717) is 25.3 Å². The van der Waals surface area contributed by atoms with Crippen molar-refractivity contribution in [3.63, 3.8) is 0 Å². The third-order valence-corrected chi connectivity index (χ3v) is 10.1. The number of nitrogens with one attached hydrogen (secondary N) is 3. The molecule has 3 fully saturated rings. The fourth-order valence-corrected chi connectivity index (χ4v) is 7.15. The highest BCUT2D eigenvalue weighted by Crippen LogP contribution is 2.24. The van der Waals surface area contributed by atoms with Gasteiger partial charge >= 0.3 is 11.9 Å². The summed E-state index contributed by atoms with van der Waals surface area (Å²) in [6, 6.07) is -5.28. The van der Waals surface area contributed by atoms with Gasteiger partial charge in [-0.2, -0.15) is 0 Å². The molecule has 1 aromatic carbocycles. The lowest BCUT2D eigenvalue weighted by atomic mass is 10.0. The Labute approximate surface area is 323 Å². The van der Waals surface area contributed by atoms with E-state index in [9.17, 15) is 52.2 Å². The molecule has 0 spiro atoms. The predicted molar refractivity (Wildman–Crippen MR) is 194 cm³/mol. The molecular weight excluding hydrogens is 738 g/mol. The lowest BCUT2D eigenvalue weighted by molar-refractivity contribution is -0.158. The molecule has 4 N–H and O–H groups in total. The van der Waals surface area contributed by atoms with Crippen LogP contribution >= 0.6 is 0 Å². The van der Waals surface area contributed by atoms with Crippen molar-refractivity contribution in [2.75, 3.05) is 26.7 Å². The molecule has 0 saturated carbocycles. The van der Waals surface area contributed by atoms with E-state index < -0.39 is 115 Å². The molecule has 56 heavy (non-hydrogen) atoms. The van der Waals surface area contributed by atoms with Gasteiger partial charge in [-0.3, -0.25) is 33.6 Å². The molecular formula is C38H50F2N6O10. The molecule has 3 heterocycles. The number of unbranched alkanes of at least 4 members (excludes halogenated alkanes) is 2. The molecule has 0 aliphatic carbocycles. The summed E-state index contributed by atoms with van der Waals surface area (Å²) in [6.07, 6.45) is 4.97. The Kier molecular flexibility index (Phi) is 15.4. The number of fused-ring (bicyclic) bond motifs is 2. The van der Waals surface area contributed by atoms with Crippen LogP contribution in [-0.2, 0) is 49.5 Å². The van der Waals surface area contributed by atoms with Crippen LogP contribution in [0.5, 0.6) is 0 Å². The van der Waals surface area contributed by atoms with Crippen molar-refractivity contribution in [2.45, 2.75) is 114 Å². The van der Waals surface area contributed by atoms with Crippen molar-refractivity contribution in [2.24, 2.45) is 0 Å². The predicted octanol–water partition coefficient (Wildman–Crippen LogP) is 0.959. The van der Waals surface area contributed by atoms with Crippen LogP contribution in [0.25, 0.3) is 0 Å². The Balaban J connectivity index is 1.69. The van der Waals surface area contributed by atoms with Crippen molar-refractivity contribution in [1.82, 2.24) is 30.7 Å². The molecule has 3 aliphatic heterocycles. The van der Waals surface area contributed by atoms with Crippen molar-refractivity contribution < 1.29 is 57.0 Å². The Morgan fingerprint density at radius 1 is 0.982 bits per heavy atom. The number of hydrogen-bond acceptors (Lipinski definition) is 9. The number of esters is 1. The van der Waals surface area contributed by atoms with Crippen molar-refractivity contribution >= 4 is 47.4 Å². The Morgan fingerprint density at radius 3 is 2.27 bits per heavy atom. The molecule has 16 nitrogen and oxygen atoms in total.